The standard InChI is InChI=1S/C11H23N3OS/c1-14(2)8-11(15)12-9-4-6-10(7-5-9)13-16-3/h9-10,13H,4-8H2,1-3H3,(H,12,15). The number of hydrogen-bond donors (Lipinski definition) is 2. The Morgan fingerprint density at radius 1 is 1.25 bits per heavy atom. The molecule has 1 fully saturated rings. The normalized spacial score (nSPS) is 25.8. The van der Waals surface area contributed by atoms with E-state index in [1.54, 1.807) is 11.9 Å². The van der Waals surface area contributed by atoms with Crippen LogP contribution in [0.15, 0.2) is 0 Å². The van der Waals surface area contributed by atoms with Gasteiger partial charge in [-0.3, -0.25) is 9.52 Å². The summed E-state index contributed by atoms with van der Waals surface area (Å²) in [7, 11) is 3.83. The van der Waals surface area contributed by atoms with E-state index in [-0.39, 0.29) is 5.91 Å². The number of rotatable bonds is 5. The zero-order valence-electron chi connectivity index (χ0n) is 10.5. The lowest BCUT2D eigenvalue weighted by molar-refractivity contribution is -0.122. The van der Waals surface area contributed by atoms with Gasteiger partial charge in [0.05, 0.1) is 6.54 Å². The van der Waals surface area contributed by atoms with Gasteiger partial charge in [0.1, 0.15) is 0 Å². The quantitative estimate of drug-likeness (QED) is 0.705. The molecular formula is C11H23N3OS. The Hall–Kier alpha value is -0.260. The summed E-state index contributed by atoms with van der Waals surface area (Å²) in [5.41, 5.74) is 0. The van der Waals surface area contributed by atoms with Gasteiger partial charge in [-0.1, -0.05) is 11.9 Å². The molecule has 94 valence electrons. The lowest BCUT2D eigenvalue weighted by Gasteiger charge is -2.29. The highest BCUT2D eigenvalue weighted by Crippen LogP contribution is 2.19. The van der Waals surface area contributed by atoms with Gasteiger partial charge in [-0.25, -0.2) is 0 Å². The van der Waals surface area contributed by atoms with Crippen LogP contribution in [0.4, 0.5) is 0 Å². The summed E-state index contributed by atoms with van der Waals surface area (Å²) in [6.45, 7) is 0.489. The van der Waals surface area contributed by atoms with Crippen molar-refractivity contribution in [3.05, 3.63) is 0 Å². The Kier molecular flexibility index (Phi) is 6.16. The largest absolute Gasteiger partial charge is 0.352 e. The van der Waals surface area contributed by atoms with Gasteiger partial charge in [-0.05, 0) is 46.0 Å². The topological polar surface area (TPSA) is 44.4 Å². The molecule has 1 saturated carbocycles. The summed E-state index contributed by atoms with van der Waals surface area (Å²) in [6, 6.07) is 1.00. The molecule has 0 unspecified atom stereocenters. The van der Waals surface area contributed by atoms with E-state index in [0.717, 1.165) is 25.7 Å². The monoisotopic (exact) mass is 245 g/mol. The first-order valence-corrected chi connectivity index (χ1v) is 7.07. The summed E-state index contributed by atoms with van der Waals surface area (Å²) in [5, 5.41) is 3.10. The van der Waals surface area contributed by atoms with E-state index in [4.69, 9.17) is 0 Å². The second-order valence-electron chi connectivity index (χ2n) is 4.68. The van der Waals surface area contributed by atoms with E-state index >= 15 is 0 Å². The molecule has 0 aromatic heterocycles. The molecule has 0 heterocycles. The van der Waals surface area contributed by atoms with E-state index < -0.39 is 0 Å². The molecule has 0 atom stereocenters. The molecule has 0 radical (unpaired) electrons. The maximum Gasteiger partial charge on any atom is 0.234 e. The van der Waals surface area contributed by atoms with Crippen molar-refractivity contribution in [2.24, 2.45) is 0 Å². The van der Waals surface area contributed by atoms with Gasteiger partial charge in [0, 0.05) is 12.1 Å². The van der Waals surface area contributed by atoms with Gasteiger partial charge >= 0.3 is 0 Å². The summed E-state index contributed by atoms with van der Waals surface area (Å²) in [4.78, 5) is 13.5. The molecule has 5 heteroatoms. The Labute approximate surface area is 103 Å². The third-order valence-electron chi connectivity index (χ3n) is 2.84. The van der Waals surface area contributed by atoms with Crippen LogP contribution in [0.3, 0.4) is 0 Å². The van der Waals surface area contributed by atoms with E-state index in [1.807, 2.05) is 19.0 Å². The predicted octanol–water partition coefficient (Wildman–Crippen LogP) is 0.843. The number of nitrogens with one attached hydrogen (secondary N) is 2. The minimum absolute atomic E-state index is 0.145. The van der Waals surface area contributed by atoms with Crippen molar-refractivity contribution in [3.63, 3.8) is 0 Å². The fourth-order valence-electron chi connectivity index (χ4n) is 2.08. The second kappa shape index (κ2) is 7.14. The zero-order chi connectivity index (χ0) is 12.0. The lowest BCUT2D eigenvalue weighted by atomic mass is 9.92. The minimum atomic E-state index is 0.145. The van der Waals surface area contributed by atoms with Gasteiger partial charge in [-0.15, -0.1) is 0 Å². The average molecular weight is 245 g/mol. The highest BCUT2D eigenvalue weighted by molar-refractivity contribution is 7.96. The Morgan fingerprint density at radius 3 is 2.31 bits per heavy atom. The molecule has 1 rings (SSSR count). The lowest BCUT2D eigenvalue weighted by Crippen LogP contribution is -2.43. The van der Waals surface area contributed by atoms with Gasteiger partial charge in [-0.2, -0.15) is 0 Å². The van der Waals surface area contributed by atoms with E-state index in [2.05, 4.69) is 16.3 Å². The number of hydrogen-bond acceptors (Lipinski definition) is 4. The molecule has 0 aliphatic heterocycles. The van der Waals surface area contributed by atoms with Gasteiger partial charge < -0.3 is 10.2 Å². The Balaban J connectivity index is 2.19. The zero-order valence-corrected chi connectivity index (χ0v) is 11.3. The number of nitrogens with zero attached hydrogens (tertiary/aromatic N) is 1. The van der Waals surface area contributed by atoms with Gasteiger partial charge in [0.15, 0.2) is 0 Å². The number of amides is 1. The Morgan fingerprint density at radius 2 is 1.81 bits per heavy atom. The van der Waals surface area contributed by atoms with Crippen LogP contribution in [0.5, 0.6) is 0 Å². The van der Waals surface area contributed by atoms with Crippen molar-refractivity contribution in [2.75, 3.05) is 26.9 Å². The first kappa shape index (κ1) is 13.8. The molecule has 1 amide bonds. The smallest absolute Gasteiger partial charge is 0.234 e. The van der Waals surface area contributed by atoms with Gasteiger partial charge in [0.2, 0.25) is 5.91 Å². The molecular weight excluding hydrogens is 222 g/mol. The van der Waals surface area contributed by atoms with E-state index in [9.17, 15) is 4.79 Å². The van der Waals surface area contributed by atoms with Crippen LogP contribution in [0.2, 0.25) is 0 Å². The van der Waals surface area contributed by atoms with Crippen molar-refractivity contribution in [1.29, 1.82) is 0 Å². The predicted molar refractivity (Wildman–Crippen MR) is 69.4 cm³/mol. The van der Waals surface area contributed by atoms with E-state index in [1.165, 1.54) is 0 Å². The Bertz CT molecular complexity index is 215. The highest BCUT2D eigenvalue weighted by Gasteiger charge is 2.21. The van der Waals surface area contributed by atoms with Crippen molar-refractivity contribution in [1.82, 2.24) is 14.9 Å². The molecule has 4 nitrogen and oxygen atoms in total. The SMILES string of the molecule is CSNC1CCC(NC(=O)CN(C)C)CC1. The number of carbonyl (C=O) groups is 1. The minimum Gasteiger partial charge on any atom is -0.352 e. The molecule has 0 bridgehead atoms. The first-order valence-electron chi connectivity index (χ1n) is 5.84. The average Bonchev–Trinajstić information content (AvgIpc) is 2.20. The third-order valence-corrected chi connectivity index (χ3v) is 3.41. The molecule has 0 spiro atoms. The maximum atomic E-state index is 11.6. The molecule has 1 aliphatic carbocycles. The second-order valence-corrected chi connectivity index (χ2v) is 5.32. The van der Waals surface area contributed by atoms with Crippen LogP contribution < -0.4 is 10.0 Å². The molecule has 2 N–H and O–H groups in total. The molecule has 0 aromatic rings. The molecule has 1 aliphatic rings. The maximum absolute atomic E-state index is 11.6. The summed E-state index contributed by atoms with van der Waals surface area (Å²) in [5.74, 6) is 0.145. The van der Waals surface area contributed by atoms with Crippen LogP contribution in [-0.2, 0) is 4.79 Å². The van der Waals surface area contributed by atoms with Crippen LogP contribution >= 0.6 is 11.9 Å². The van der Waals surface area contributed by atoms with Crippen LogP contribution in [0.1, 0.15) is 25.7 Å². The van der Waals surface area contributed by atoms with Crippen molar-refractivity contribution >= 4 is 17.9 Å². The number of carbonyl (C=O) groups excluding carboxylic acids is 1. The fraction of sp³-hybridized carbons (Fsp3) is 0.909. The highest BCUT2D eigenvalue weighted by atomic mass is 32.2. The van der Waals surface area contributed by atoms with Gasteiger partial charge in [0.25, 0.3) is 0 Å². The molecule has 0 aromatic carbocycles. The third kappa shape index (κ3) is 5.18. The first-order chi connectivity index (χ1) is 7.61. The van der Waals surface area contributed by atoms with E-state index in [0.29, 0.717) is 18.6 Å². The van der Waals surface area contributed by atoms with Crippen LogP contribution in [-0.4, -0.2) is 49.8 Å². The van der Waals surface area contributed by atoms with Crippen molar-refractivity contribution < 1.29 is 4.79 Å². The molecule has 16 heavy (non-hydrogen) atoms. The van der Waals surface area contributed by atoms with Crippen LogP contribution in [0.25, 0.3) is 0 Å². The summed E-state index contributed by atoms with van der Waals surface area (Å²) >= 11 is 1.69. The fourth-order valence-corrected chi connectivity index (χ4v) is 2.65. The van der Waals surface area contributed by atoms with Crippen LogP contribution in [0, 0.1) is 0 Å². The van der Waals surface area contributed by atoms with Crippen molar-refractivity contribution in [3.8, 4) is 0 Å². The summed E-state index contributed by atoms with van der Waals surface area (Å²) in [6.07, 6.45) is 6.57. The number of likely N-dealkylation sites (N-methyl/N-ethyl adjacent to an activating group) is 1. The van der Waals surface area contributed by atoms with Crippen molar-refractivity contribution in [2.45, 2.75) is 37.8 Å². The summed E-state index contributed by atoms with van der Waals surface area (Å²) < 4.78 is 3.39. The molecule has 0 saturated heterocycles.